The lowest BCUT2D eigenvalue weighted by atomic mass is 9.67. The van der Waals surface area contributed by atoms with Crippen LogP contribution in [0.15, 0.2) is 174 Å². The maximum absolute atomic E-state index is 6.16. The monoisotopic (exact) mass is 659 g/mol. The molecule has 1 unspecified atom stereocenters. The Labute approximate surface area is 301 Å². The summed E-state index contributed by atoms with van der Waals surface area (Å²) in [6.07, 6.45) is 8.14. The van der Waals surface area contributed by atoms with Crippen LogP contribution in [0, 0.1) is 13.8 Å². The molecule has 0 radical (unpaired) electrons. The van der Waals surface area contributed by atoms with E-state index in [1.165, 1.54) is 39.0 Å². The molecule has 1 atom stereocenters. The molecule has 7 aromatic rings. The van der Waals surface area contributed by atoms with Crippen LogP contribution in [0.25, 0.3) is 39.3 Å². The first-order chi connectivity index (χ1) is 24.9. The van der Waals surface area contributed by atoms with Gasteiger partial charge in [-0.3, -0.25) is 0 Å². The molecule has 0 aliphatic heterocycles. The Morgan fingerprint density at radius 3 is 2.16 bits per heavy atom. The molecule has 0 bridgehead atoms. The summed E-state index contributed by atoms with van der Waals surface area (Å²) in [5.74, 6) is 0.910. The highest BCUT2D eigenvalue weighted by Gasteiger charge is 2.46. The van der Waals surface area contributed by atoms with Gasteiger partial charge in [-0.15, -0.1) is 0 Å². The summed E-state index contributed by atoms with van der Waals surface area (Å²) >= 11 is 0. The standard InChI is InChI=1S/C49H41NO/c1-6-15-34(4)49(38-19-9-8-10-20-38)45-24-12-11-23-42(45)43-27-26-41(32-46(43)49)50(39-21-13-17-33(3)29-39)40-22-14-18-36(30-40)37-25-28-48-44(31-37)35(5)47(51-48)16-7-2/h6-32H,1H2,2-5H3/b16-7-,34-15+. The van der Waals surface area contributed by atoms with Gasteiger partial charge in [-0.05, 0) is 127 Å². The van der Waals surface area contributed by atoms with E-state index < -0.39 is 5.41 Å². The SMILES string of the molecule is C=C/C=C(\C)C1(c2ccccc2)c2ccccc2-c2ccc(N(c3cccc(C)c3)c3cccc(-c4ccc5oc(/C=C\C)c(C)c5c4)c3)cc21. The van der Waals surface area contributed by atoms with E-state index in [0.717, 1.165) is 50.5 Å². The minimum absolute atomic E-state index is 0.471. The molecule has 248 valence electrons. The molecule has 0 N–H and O–H groups in total. The number of benzene rings is 6. The van der Waals surface area contributed by atoms with Crippen molar-refractivity contribution in [2.24, 2.45) is 0 Å². The molecule has 0 spiro atoms. The van der Waals surface area contributed by atoms with E-state index >= 15 is 0 Å². The summed E-state index contributed by atoms with van der Waals surface area (Å²) in [6, 6.07) is 51.0. The number of anilines is 3. The third kappa shape index (κ3) is 5.27. The van der Waals surface area contributed by atoms with Crippen LogP contribution in [-0.4, -0.2) is 0 Å². The quantitative estimate of drug-likeness (QED) is 0.151. The predicted molar refractivity (Wildman–Crippen MR) is 216 cm³/mol. The highest BCUT2D eigenvalue weighted by molar-refractivity contribution is 5.91. The molecule has 2 heteroatoms. The van der Waals surface area contributed by atoms with Gasteiger partial charge >= 0.3 is 0 Å². The second-order valence-electron chi connectivity index (χ2n) is 13.5. The normalized spacial score (nSPS) is 15.3. The Bertz CT molecular complexity index is 2490. The lowest BCUT2D eigenvalue weighted by molar-refractivity contribution is 0.601. The fourth-order valence-electron chi connectivity index (χ4n) is 8.13. The van der Waals surface area contributed by atoms with E-state index in [1.807, 2.05) is 25.2 Å². The zero-order valence-corrected chi connectivity index (χ0v) is 29.7. The van der Waals surface area contributed by atoms with Crippen LogP contribution >= 0.6 is 0 Å². The highest BCUT2D eigenvalue weighted by Crippen LogP contribution is 2.57. The summed E-state index contributed by atoms with van der Waals surface area (Å²) in [4.78, 5) is 2.40. The minimum Gasteiger partial charge on any atom is -0.456 e. The number of nitrogens with zero attached hydrogens (tertiary/aromatic N) is 1. The Hall–Kier alpha value is -6.12. The molecule has 0 saturated carbocycles. The van der Waals surface area contributed by atoms with Crippen LogP contribution in [0.3, 0.4) is 0 Å². The van der Waals surface area contributed by atoms with Crippen LogP contribution in [0.4, 0.5) is 17.1 Å². The Morgan fingerprint density at radius 2 is 1.37 bits per heavy atom. The summed E-state index contributed by atoms with van der Waals surface area (Å²) in [5.41, 5.74) is 16.0. The number of furan rings is 1. The zero-order valence-electron chi connectivity index (χ0n) is 29.7. The smallest absolute Gasteiger partial charge is 0.135 e. The number of hydrogen-bond acceptors (Lipinski definition) is 2. The summed E-state index contributed by atoms with van der Waals surface area (Å²) < 4.78 is 6.16. The molecule has 1 aromatic heterocycles. The number of rotatable bonds is 8. The molecule has 0 saturated heterocycles. The van der Waals surface area contributed by atoms with Crippen molar-refractivity contribution in [3.8, 4) is 22.3 Å². The largest absolute Gasteiger partial charge is 0.456 e. The van der Waals surface area contributed by atoms with Crippen molar-refractivity contribution >= 4 is 34.1 Å². The number of hydrogen-bond donors (Lipinski definition) is 0. The first-order valence-electron chi connectivity index (χ1n) is 17.7. The van der Waals surface area contributed by atoms with Gasteiger partial charge in [-0.1, -0.05) is 121 Å². The Kier molecular flexibility index (Phi) is 8.16. The fraction of sp³-hybridized carbons (Fsp3) is 0.102. The molecule has 51 heavy (non-hydrogen) atoms. The minimum atomic E-state index is -0.471. The first kappa shape index (κ1) is 32.1. The van der Waals surface area contributed by atoms with E-state index in [1.54, 1.807) is 0 Å². The fourth-order valence-corrected chi connectivity index (χ4v) is 8.13. The molecule has 2 nitrogen and oxygen atoms in total. The van der Waals surface area contributed by atoms with Crippen LogP contribution in [0.1, 0.15) is 47.4 Å². The summed E-state index contributed by atoms with van der Waals surface area (Å²) in [7, 11) is 0. The summed E-state index contributed by atoms with van der Waals surface area (Å²) in [6.45, 7) is 12.7. The number of aryl methyl sites for hydroxylation is 2. The zero-order chi connectivity index (χ0) is 35.1. The van der Waals surface area contributed by atoms with Crippen LogP contribution in [0.2, 0.25) is 0 Å². The molecular formula is C49H41NO. The van der Waals surface area contributed by atoms with Gasteiger partial charge in [0.2, 0.25) is 0 Å². The molecular weight excluding hydrogens is 619 g/mol. The van der Waals surface area contributed by atoms with Gasteiger partial charge in [0.15, 0.2) is 0 Å². The molecule has 6 aromatic carbocycles. The lowest BCUT2D eigenvalue weighted by Crippen LogP contribution is -2.28. The second-order valence-corrected chi connectivity index (χ2v) is 13.5. The Morgan fingerprint density at radius 1 is 0.667 bits per heavy atom. The molecule has 1 heterocycles. The van der Waals surface area contributed by atoms with Gasteiger partial charge in [-0.2, -0.15) is 0 Å². The third-order valence-corrected chi connectivity index (χ3v) is 10.4. The molecule has 8 rings (SSSR count). The van der Waals surface area contributed by atoms with Crippen molar-refractivity contribution in [1.29, 1.82) is 0 Å². The molecule has 1 aliphatic carbocycles. The van der Waals surface area contributed by atoms with Crippen molar-refractivity contribution in [2.75, 3.05) is 4.90 Å². The van der Waals surface area contributed by atoms with E-state index in [-0.39, 0.29) is 0 Å². The first-order valence-corrected chi connectivity index (χ1v) is 17.7. The number of fused-ring (bicyclic) bond motifs is 4. The van der Waals surface area contributed by atoms with Crippen molar-refractivity contribution < 1.29 is 4.42 Å². The molecule has 0 amide bonds. The van der Waals surface area contributed by atoms with Gasteiger partial charge in [0.25, 0.3) is 0 Å². The van der Waals surface area contributed by atoms with Crippen LogP contribution in [0.5, 0.6) is 0 Å². The molecule has 1 aliphatic rings. The Balaban J connectivity index is 1.34. The van der Waals surface area contributed by atoms with Crippen LogP contribution < -0.4 is 4.90 Å². The predicted octanol–water partition coefficient (Wildman–Crippen LogP) is 13.7. The van der Waals surface area contributed by atoms with Crippen molar-refractivity contribution in [1.82, 2.24) is 0 Å². The topological polar surface area (TPSA) is 16.4 Å². The van der Waals surface area contributed by atoms with E-state index in [2.05, 4.69) is 178 Å². The highest BCUT2D eigenvalue weighted by atomic mass is 16.3. The van der Waals surface area contributed by atoms with Crippen molar-refractivity contribution in [2.45, 2.75) is 33.1 Å². The van der Waals surface area contributed by atoms with E-state index in [9.17, 15) is 0 Å². The third-order valence-electron chi connectivity index (χ3n) is 10.4. The average molecular weight is 660 g/mol. The van der Waals surface area contributed by atoms with Gasteiger partial charge in [-0.25, -0.2) is 0 Å². The van der Waals surface area contributed by atoms with Gasteiger partial charge in [0, 0.05) is 28.0 Å². The van der Waals surface area contributed by atoms with Gasteiger partial charge in [0.1, 0.15) is 11.3 Å². The van der Waals surface area contributed by atoms with Crippen molar-refractivity contribution in [3.63, 3.8) is 0 Å². The second kappa shape index (κ2) is 13.0. The maximum atomic E-state index is 6.16. The number of allylic oxidation sites excluding steroid dienone is 4. The van der Waals surface area contributed by atoms with Crippen LogP contribution in [-0.2, 0) is 5.41 Å². The van der Waals surface area contributed by atoms with Crippen molar-refractivity contribution in [3.05, 3.63) is 203 Å². The molecule has 0 fully saturated rings. The average Bonchev–Trinajstić information content (AvgIpc) is 3.63. The summed E-state index contributed by atoms with van der Waals surface area (Å²) in [5, 5.41) is 1.14. The van der Waals surface area contributed by atoms with Gasteiger partial charge in [0.05, 0.1) is 5.41 Å². The lowest BCUT2D eigenvalue weighted by Gasteiger charge is -2.35. The maximum Gasteiger partial charge on any atom is 0.135 e. The van der Waals surface area contributed by atoms with E-state index in [0.29, 0.717) is 0 Å². The van der Waals surface area contributed by atoms with Gasteiger partial charge < -0.3 is 9.32 Å². The van der Waals surface area contributed by atoms with E-state index in [4.69, 9.17) is 4.42 Å².